The fourth-order valence-electron chi connectivity index (χ4n) is 2.03. The highest BCUT2D eigenvalue weighted by molar-refractivity contribution is 6.30. The van der Waals surface area contributed by atoms with Crippen molar-refractivity contribution in [3.05, 3.63) is 40.7 Å². The summed E-state index contributed by atoms with van der Waals surface area (Å²) < 4.78 is 43.7. The average molecular weight is 354 g/mol. The first-order chi connectivity index (χ1) is 11.4. The first kappa shape index (κ1) is 16.0. The van der Waals surface area contributed by atoms with Crippen LogP contribution < -0.4 is 0 Å². The maximum atomic E-state index is 12.8. The number of nitriles is 1. The van der Waals surface area contributed by atoms with Crippen LogP contribution in [0, 0.1) is 11.3 Å². The molecule has 122 valence electrons. The quantitative estimate of drug-likeness (QED) is 0.774. The van der Waals surface area contributed by atoms with E-state index in [0.717, 1.165) is 0 Å². The van der Waals surface area contributed by atoms with E-state index in [1.807, 2.05) is 0 Å². The number of hydrogen-bond donors (Lipinski definition) is 1. The van der Waals surface area contributed by atoms with E-state index in [9.17, 15) is 13.2 Å². The third-order valence-corrected chi connectivity index (χ3v) is 3.29. The molecule has 0 saturated carbocycles. The van der Waals surface area contributed by atoms with Crippen molar-refractivity contribution in [2.75, 3.05) is 0 Å². The van der Waals surface area contributed by atoms with Crippen LogP contribution >= 0.6 is 11.6 Å². The molecule has 3 rings (SSSR count). The second-order valence-electron chi connectivity index (χ2n) is 4.74. The minimum absolute atomic E-state index is 0.0344. The summed E-state index contributed by atoms with van der Waals surface area (Å²) in [4.78, 5) is 4.06. The van der Waals surface area contributed by atoms with Gasteiger partial charge in [0.25, 0.3) is 0 Å². The zero-order valence-corrected chi connectivity index (χ0v) is 12.5. The molecule has 1 N–H and O–H groups in total. The maximum Gasteiger partial charge on any atom is 0.396 e. The van der Waals surface area contributed by atoms with Gasteiger partial charge >= 0.3 is 6.18 Å². The summed E-state index contributed by atoms with van der Waals surface area (Å²) in [5, 5.41) is 18.8. The zero-order chi connectivity index (χ0) is 17.3. The molecule has 3 aromatic rings. The highest BCUT2D eigenvalue weighted by atomic mass is 35.5. The summed E-state index contributed by atoms with van der Waals surface area (Å²) in [6.07, 6.45) is -5.86. The fraction of sp³-hybridized carbons (Fsp3) is 0.143. The van der Waals surface area contributed by atoms with E-state index in [2.05, 4.69) is 20.4 Å². The van der Waals surface area contributed by atoms with E-state index >= 15 is 0 Å². The molecule has 0 amide bonds. The average Bonchev–Trinajstić information content (AvgIpc) is 3.12. The van der Waals surface area contributed by atoms with Crippen LogP contribution in [0.4, 0.5) is 13.2 Å². The highest BCUT2D eigenvalue weighted by Gasteiger charge is 2.34. The van der Waals surface area contributed by atoms with Gasteiger partial charge in [-0.15, -0.1) is 5.10 Å². The predicted octanol–water partition coefficient (Wildman–Crippen LogP) is 3.76. The number of halogens is 4. The largest absolute Gasteiger partial charge is 0.440 e. The molecule has 1 aromatic carbocycles. The Labute approximate surface area is 137 Å². The van der Waals surface area contributed by atoms with E-state index in [1.54, 1.807) is 30.3 Å². The molecule has 0 aliphatic heterocycles. The number of hydrogen-bond acceptors (Lipinski definition) is 5. The van der Waals surface area contributed by atoms with Crippen molar-refractivity contribution in [2.24, 2.45) is 0 Å². The van der Waals surface area contributed by atoms with Crippen molar-refractivity contribution in [2.45, 2.75) is 12.6 Å². The summed E-state index contributed by atoms with van der Waals surface area (Å²) in [7, 11) is 0. The lowest BCUT2D eigenvalue weighted by atomic mass is 10.2. The van der Waals surface area contributed by atoms with Crippen molar-refractivity contribution in [1.82, 2.24) is 20.4 Å². The SMILES string of the molecule is N#Cc1[nH]nnc1-c1nc(-c2ccc(Cl)cc2)oc1CC(F)(F)F. The molecule has 0 aliphatic carbocycles. The number of nitrogens with zero attached hydrogens (tertiary/aromatic N) is 4. The lowest BCUT2D eigenvalue weighted by Crippen LogP contribution is -2.11. The second-order valence-corrected chi connectivity index (χ2v) is 5.17. The minimum atomic E-state index is -4.51. The number of rotatable bonds is 3. The molecular formula is C14H7ClF3N5O. The third kappa shape index (κ3) is 3.23. The second kappa shape index (κ2) is 5.98. The van der Waals surface area contributed by atoms with Crippen LogP contribution in [-0.2, 0) is 6.42 Å². The van der Waals surface area contributed by atoms with Gasteiger partial charge in [-0.2, -0.15) is 18.4 Å². The van der Waals surface area contributed by atoms with Gasteiger partial charge in [-0.25, -0.2) is 10.1 Å². The molecule has 10 heteroatoms. The fourth-order valence-corrected chi connectivity index (χ4v) is 2.15. The Kier molecular flexibility index (Phi) is 3.99. The van der Waals surface area contributed by atoms with E-state index in [4.69, 9.17) is 21.3 Å². The number of aromatic amines is 1. The smallest absolute Gasteiger partial charge is 0.396 e. The molecule has 0 fully saturated rings. The molecule has 2 aromatic heterocycles. The van der Waals surface area contributed by atoms with Crippen molar-refractivity contribution in [3.63, 3.8) is 0 Å². The minimum Gasteiger partial charge on any atom is -0.440 e. The van der Waals surface area contributed by atoms with Gasteiger partial charge in [-0.05, 0) is 24.3 Å². The number of alkyl halides is 3. The van der Waals surface area contributed by atoms with Crippen LogP contribution in [0.2, 0.25) is 5.02 Å². The van der Waals surface area contributed by atoms with Gasteiger partial charge in [0.05, 0.1) is 0 Å². The first-order valence-electron chi connectivity index (χ1n) is 6.51. The number of oxazole rings is 1. The standard InChI is InChI=1S/C14H7ClF3N5O/c15-8-3-1-7(2-4-8)13-20-12(10(24-13)5-14(16,17)18)11-9(6-19)21-23-22-11/h1-4H,5H2,(H,21,22,23). The summed E-state index contributed by atoms with van der Waals surface area (Å²) in [5.41, 5.74) is 0.0637. The van der Waals surface area contributed by atoms with Gasteiger partial charge in [-0.3, -0.25) is 0 Å². The van der Waals surface area contributed by atoms with Gasteiger partial charge in [0, 0.05) is 10.6 Å². The van der Waals surface area contributed by atoms with Crippen LogP contribution in [0.25, 0.3) is 22.8 Å². The first-order valence-corrected chi connectivity index (χ1v) is 6.89. The van der Waals surface area contributed by atoms with Gasteiger partial charge in [0.15, 0.2) is 11.4 Å². The molecule has 0 spiro atoms. The van der Waals surface area contributed by atoms with E-state index < -0.39 is 18.4 Å². The van der Waals surface area contributed by atoms with Gasteiger partial charge in [0.1, 0.15) is 23.9 Å². The lowest BCUT2D eigenvalue weighted by Gasteiger charge is -2.03. The molecule has 2 heterocycles. The molecule has 0 atom stereocenters. The molecule has 0 bridgehead atoms. The molecular weight excluding hydrogens is 347 g/mol. The third-order valence-electron chi connectivity index (χ3n) is 3.03. The van der Waals surface area contributed by atoms with Gasteiger partial charge in [0.2, 0.25) is 5.89 Å². The molecule has 0 aliphatic rings. The predicted molar refractivity (Wildman–Crippen MR) is 76.8 cm³/mol. The van der Waals surface area contributed by atoms with Crippen molar-refractivity contribution in [3.8, 4) is 28.9 Å². The Hall–Kier alpha value is -2.86. The van der Waals surface area contributed by atoms with Crippen LogP contribution in [0.5, 0.6) is 0 Å². The van der Waals surface area contributed by atoms with E-state index in [1.165, 1.54) is 0 Å². The van der Waals surface area contributed by atoms with E-state index in [-0.39, 0.29) is 23.0 Å². The summed E-state index contributed by atoms with van der Waals surface area (Å²) in [6, 6.07) is 7.99. The molecule has 24 heavy (non-hydrogen) atoms. The molecule has 0 unspecified atom stereocenters. The van der Waals surface area contributed by atoms with Crippen molar-refractivity contribution < 1.29 is 17.6 Å². The van der Waals surface area contributed by atoms with Gasteiger partial charge < -0.3 is 4.42 Å². The monoisotopic (exact) mass is 353 g/mol. The van der Waals surface area contributed by atoms with Crippen LogP contribution in [0.1, 0.15) is 11.5 Å². The highest BCUT2D eigenvalue weighted by Crippen LogP contribution is 2.33. The summed E-state index contributed by atoms with van der Waals surface area (Å²) in [6.45, 7) is 0. The Balaban J connectivity index is 2.12. The topological polar surface area (TPSA) is 91.4 Å². The normalized spacial score (nSPS) is 11.5. The van der Waals surface area contributed by atoms with Crippen LogP contribution in [0.3, 0.4) is 0 Å². The zero-order valence-electron chi connectivity index (χ0n) is 11.7. The lowest BCUT2D eigenvalue weighted by molar-refractivity contribution is -0.129. The van der Waals surface area contributed by atoms with E-state index in [0.29, 0.717) is 10.6 Å². The summed E-state index contributed by atoms with van der Waals surface area (Å²) in [5.74, 6) is -0.481. The molecule has 0 radical (unpaired) electrons. The Morgan fingerprint density at radius 3 is 2.54 bits per heavy atom. The van der Waals surface area contributed by atoms with Crippen LogP contribution in [-0.4, -0.2) is 26.6 Å². The number of H-pyrrole nitrogens is 1. The Morgan fingerprint density at radius 2 is 1.92 bits per heavy atom. The number of nitrogens with one attached hydrogen (secondary N) is 1. The van der Waals surface area contributed by atoms with Crippen LogP contribution in [0.15, 0.2) is 28.7 Å². The molecule has 0 saturated heterocycles. The van der Waals surface area contributed by atoms with Crippen molar-refractivity contribution >= 4 is 11.6 Å². The van der Waals surface area contributed by atoms with Crippen molar-refractivity contribution in [1.29, 1.82) is 5.26 Å². The maximum absolute atomic E-state index is 12.8. The number of benzene rings is 1. The summed E-state index contributed by atoms with van der Waals surface area (Å²) >= 11 is 5.79. The Bertz CT molecular complexity index is 908. The Morgan fingerprint density at radius 1 is 1.21 bits per heavy atom. The number of aromatic nitrogens is 4. The molecule has 6 nitrogen and oxygen atoms in total. The van der Waals surface area contributed by atoms with Gasteiger partial charge in [-0.1, -0.05) is 16.8 Å².